The maximum atomic E-state index is 12.9. The summed E-state index contributed by atoms with van der Waals surface area (Å²) in [6, 6.07) is 18.7. The molecular formula is C22H17ClN6O3S. The fourth-order valence-corrected chi connectivity index (χ4v) is 4.07. The van der Waals surface area contributed by atoms with E-state index in [9.17, 15) is 14.9 Å². The van der Waals surface area contributed by atoms with E-state index < -0.39 is 10.8 Å². The third-order valence-corrected chi connectivity index (χ3v) is 5.94. The first-order valence-corrected chi connectivity index (χ1v) is 10.9. The van der Waals surface area contributed by atoms with Crippen LogP contribution in [0.15, 0.2) is 81.6 Å². The summed E-state index contributed by atoms with van der Waals surface area (Å²) in [4.78, 5) is 25.0. The average Bonchev–Trinajstić information content (AvgIpc) is 3.22. The van der Waals surface area contributed by atoms with Crippen molar-refractivity contribution in [3.05, 3.63) is 87.4 Å². The topological polar surface area (TPSA) is 115 Å². The first-order valence-electron chi connectivity index (χ1n) is 9.74. The van der Waals surface area contributed by atoms with Gasteiger partial charge in [0.1, 0.15) is 5.52 Å². The van der Waals surface area contributed by atoms with Gasteiger partial charge in [0.2, 0.25) is 0 Å². The lowest BCUT2D eigenvalue weighted by Crippen LogP contribution is -2.21. The number of nitrogens with zero attached hydrogens (tertiary/aromatic N) is 5. The molecule has 1 heterocycles. The van der Waals surface area contributed by atoms with Crippen LogP contribution in [-0.2, 0) is 6.54 Å². The Morgan fingerprint density at radius 3 is 2.70 bits per heavy atom. The number of nitrogens with one attached hydrogen (secondary N) is 1. The van der Waals surface area contributed by atoms with Gasteiger partial charge in [-0.05, 0) is 49.4 Å². The molecule has 4 rings (SSSR count). The quantitative estimate of drug-likeness (QED) is 0.227. The molecule has 1 aromatic heterocycles. The lowest BCUT2D eigenvalue weighted by atomic mass is 10.2. The van der Waals surface area contributed by atoms with Crippen molar-refractivity contribution in [3.63, 3.8) is 0 Å². The minimum Gasteiger partial charge on any atom is -0.267 e. The molecule has 9 nitrogen and oxygen atoms in total. The SMILES string of the molecule is C/C(Cn1nnc2ccccc21)=N\NC(=O)c1cc([N+](=O)[O-])ccc1Sc1ccc(Cl)cc1. The third-order valence-electron chi connectivity index (χ3n) is 4.61. The van der Waals surface area contributed by atoms with E-state index >= 15 is 0 Å². The Bertz CT molecular complexity index is 1370. The zero-order valence-electron chi connectivity index (χ0n) is 17.3. The second-order valence-corrected chi connectivity index (χ2v) is 8.57. The smallest absolute Gasteiger partial charge is 0.267 e. The normalized spacial score (nSPS) is 11.5. The molecule has 0 unspecified atom stereocenters. The summed E-state index contributed by atoms with van der Waals surface area (Å²) < 4.78 is 1.68. The molecule has 11 heteroatoms. The minimum atomic E-state index is -0.557. The Kier molecular flexibility index (Phi) is 6.66. The summed E-state index contributed by atoms with van der Waals surface area (Å²) in [6.07, 6.45) is 0. The summed E-state index contributed by atoms with van der Waals surface area (Å²) >= 11 is 7.23. The van der Waals surface area contributed by atoms with Crippen molar-refractivity contribution in [2.45, 2.75) is 23.3 Å². The van der Waals surface area contributed by atoms with Crippen molar-refractivity contribution < 1.29 is 9.72 Å². The number of fused-ring (bicyclic) bond motifs is 1. The lowest BCUT2D eigenvalue weighted by Gasteiger charge is -2.09. The van der Waals surface area contributed by atoms with E-state index in [1.807, 2.05) is 24.3 Å². The highest BCUT2D eigenvalue weighted by Gasteiger charge is 2.18. The molecule has 0 bridgehead atoms. The van der Waals surface area contributed by atoms with Crippen LogP contribution < -0.4 is 5.43 Å². The molecule has 0 saturated heterocycles. The summed E-state index contributed by atoms with van der Waals surface area (Å²) in [5.74, 6) is -0.557. The summed E-state index contributed by atoms with van der Waals surface area (Å²) in [5.41, 5.74) is 4.64. The van der Waals surface area contributed by atoms with Gasteiger partial charge in [-0.2, -0.15) is 5.10 Å². The number of hydrogen-bond donors (Lipinski definition) is 1. The number of nitro benzene ring substituents is 1. The van der Waals surface area contributed by atoms with Gasteiger partial charge in [-0.25, -0.2) is 10.1 Å². The Balaban J connectivity index is 1.54. The molecule has 0 spiro atoms. The zero-order valence-corrected chi connectivity index (χ0v) is 18.9. The molecule has 1 N–H and O–H groups in total. The number of hydrogen-bond acceptors (Lipinski definition) is 7. The van der Waals surface area contributed by atoms with Gasteiger partial charge in [0.15, 0.2) is 0 Å². The molecule has 0 aliphatic heterocycles. The fourth-order valence-electron chi connectivity index (χ4n) is 3.02. The standard InChI is InChI=1S/C22H17ClN6O3S/c1-14(13-28-20-5-3-2-4-19(20)25-27-28)24-26-22(30)18-12-16(29(31)32)8-11-21(18)33-17-9-6-15(23)7-10-17/h2-12H,13H2,1H3,(H,26,30)/b24-14+. The number of aromatic nitrogens is 3. The predicted octanol–water partition coefficient (Wildman–Crippen LogP) is 4.95. The lowest BCUT2D eigenvalue weighted by molar-refractivity contribution is -0.384. The van der Waals surface area contributed by atoms with E-state index in [1.165, 1.54) is 23.9 Å². The van der Waals surface area contributed by atoms with Crippen LogP contribution in [0.3, 0.4) is 0 Å². The van der Waals surface area contributed by atoms with Gasteiger partial charge in [-0.3, -0.25) is 14.9 Å². The molecule has 4 aromatic rings. The van der Waals surface area contributed by atoms with Gasteiger partial charge >= 0.3 is 0 Å². The van der Waals surface area contributed by atoms with E-state index in [0.717, 1.165) is 15.9 Å². The van der Waals surface area contributed by atoms with E-state index in [-0.39, 0.29) is 11.3 Å². The number of carbonyl (C=O) groups is 1. The second kappa shape index (κ2) is 9.80. The maximum Gasteiger partial charge on any atom is 0.272 e. The maximum absolute atomic E-state index is 12.9. The molecule has 1 amide bonds. The van der Waals surface area contributed by atoms with E-state index in [0.29, 0.717) is 22.2 Å². The molecule has 0 fully saturated rings. The van der Waals surface area contributed by atoms with Gasteiger partial charge in [-0.1, -0.05) is 40.7 Å². The fraction of sp³-hybridized carbons (Fsp3) is 0.0909. The van der Waals surface area contributed by atoms with Crippen LogP contribution in [0.1, 0.15) is 17.3 Å². The molecule has 33 heavy (non-hydrogen) atoms. The largest absolute Gasteiger partial charge is 0.272 e. The van der Waals surface area contributed by atoms with Crippen LogP contribution in [-0.4, -0.2) is 31.5 Å². The van der Waals surface area contributed by atoms with E-state index in [1.54, 1.807) is 41.9 Å². The number of rotatable bonds is 7. The van der Waals surface area contributed by atoms with Gasteiger partial charge in [0.25, 0.3) is 11.6 Å². The molecule has 0 aliphatic rings. The third kappa shape index (κ3) is 5.36. The molecule has 0 radical (unpaired) electrons. The number of carbonyl (C=O) groups excluding carboxylic acids is 1. The number of nitro groups is 1. The molecular weight excluding hydrogens is 464 g/mol. The number of benzene rings is 3. The Morgan fingerprint density at radius 1 is 1.18 bits per heavy atom. The molecule has 166 valence electrons. The first-order chi connectivity index (χ1) is 15.9. The second-order valence-electron chi connectivity index (χ2n) is 7.02. The summed E-state index contributed by atoms with van der Waals surface area (Å²) in [6.45, 7) is 2.07. The van der Waals surface area contributed by atoms with Crippen molar-refractivity contribution in [1.82, 2.24) is 20.4 Å². The molecule has 0 saturated carbocycles. The minimum absolute atomic E-state index is 0.145. The van der Waals surface area contributed by atoms with Gasteiger partial charge in [0.05, 0.1) is 28.3 Å². The van der Waals surface area contributed by atoms with Gasteiger partial charge < -0.3 is 0 Å². The van der Waals surface area contributed by atoms with Gasteiger partial charge in [-0.15, -0.1) is 5.10 Å². The van der Waals surface area contributed by atoms with Crippen molar-refractivity contribution in [2.24, 2.45) is 5.10 Å². The number of hydrazone groups is 1. The highest BCUT2D eigenvalue weighted by Crippen LogP contribution is 2.33. The Labute approximate surface area is 197 Å². The van der Waals surface area contributed by atoms with Crippen LogP contribution in [0.4, 0.5) is 5.69 Å². The number of non-ortho nitro benzene ring substituents is 1. The Hall–Kier alpha value is -3.76. The van der Waals surface area contributed by atoms with Crippen LogP contribution >= 0.6 is 23.4 Å². The first kappa shape index (κ1) is 22.4. The number of halogens is 1. The average molecular weight is 481 g/mol. The van der Waals surface area contributed by atoms with Gasteiger partial charge in [0, 0.05) is 26.9 Å². The molecule has 0 atom stereocenters. The zero-order chi connectivity index (χ0) is 23.4. The summed E-state index contributed by atoms with van der Waals surface area (Å²) in [5, 5.41) is 24.2. The van der Waals surface area contributed by atoms with Crippen molar-refractivity contribution >= 4 is 51.7 Å². The molecule has 0 aliphatic carbocycles. The summed E-state index contributed by atoms with van der Waals surface area (Å²) in [7, 11) is 0. The monoisotopic (exact) mass is 480 g/mol. The van der Waals surface area contributed by atoms with Crippen LogP contribution in [0.25, 0.3) is 11.0 Å². The number of para-hydroxylation sites is 1. The van der Waals surface area contributed by atoms with Crippen LogP contribution in [0.5, 0.6) is 0 Å². The highest BCUT2D eigenvalue weighted by atomic mass is 35.5. The Morgan fingerprint density at radius 2 is 1.94 bits per heavy atom. The van der Waals surface area contributed by atoms with Crippen LogP contribution in [0.2, 0.25) is 5.02 Å². The van der Waals surface area contributed by atoms with Crippen molar-refractivity contribution in [3.8, 4) is 0 Å². The van der Waals surface area contributed by atoms with E-state index in [2.05, 4.69) is 20.8 Å². The highest BCUT2D eigenvalue weighted by molar-refractivity contribution is 7.99. The predicted molar refractivity (Wildman–Crippen MR) is 127 cm³/mol. The number of amides is 1. The van der Waals surface area contributed by atoms with Crippen molar-refractivity contribution in [2.75, 3.05) is 0 Å². The molecule has 3 aromatic carbocycles. The van der Waals surface area contributed by atoms with Crippen LogP contribution in [0, 0.1) is 10.1 Å². The van der Waals surface area contributed by atoms with Crippen molar-refractivity contribution in [1.29, 1.82) is 0 Å². The van der Waals surface area contributed by atoms with E-state index in [4.69, 9.17) is 11.6 Å².